The van der Waals surface area contributed by atoms with E-state index in [-0.39, 0.29) is 0 Å². The molecule has 0 radical (unpaired) electrons. The molecule has 0 aromatic heterocycles. The second kappa shape index (κ2) is 12.0. The molecule has 1 aliphatic carbocycles. The molecule has 4 rings (SSSR count). The molecule has 0 heterocycles. The highest BCUT2D eigenvalue weighted by Gasteiger charge is 2.36. The van der Waals surface area contributed by atoms with Gasteiger partial charge < -0.3 is 14.6 Å². The first kappa shape index (κ1) is 25.7. The van der Waals surface area contributed by atoms with Crippen molar-refractivity contribution in [3.63, 3.8) is 0 Å². The van der Waals surface area contributed by atoms with E-state index in [4.69, 9.17) is 9.47 Å². The minimum absolute atomic E-state index is 0.436. The third kappa shape index (κ3) is 5.71. The molecular formula is C32H36O4. The second-order valence-electron chi connectivity index (χ2n) is 9.47. The van der Waals surface area contributed by atoms with Gasteiger partial charge >= 0.3 is 5.97 Å². The molecule has 0 saturated carbocycles. The monoisotopic (exact) mass is 484 g/mol. The summed E-state index contributed by atoms with van der Waals surface area (Å²) in [6.45, 7) is 4.78. The zero-order valence-electron chi connectivity index (χ0n) is 21.3. The van der Waals surface area contributed by atoms with E-state index in [2.05, 4.69) is 61.5 Å². The van der Waals surface area contributed by atoms with Gasteiger partial charge in [0.1, 0.15) is 5.75 Å². The molecule has 36 heavy (non-hydrogen) atoms. The van der Waals surface area contributed by atoms with Gasteiger partial charge in [0.05, 0.1) is 6.61 Å². The van der Waals surface area contributed by atoms with Crippen molar-refractivity contribution >= 4 is 11.5 Å². The van der Waals surface area contributed by atoms with E-state index in [0.717, 1.165) is 31.4 Å². The largest absolute Gasteiger partial charge is 0.493 e. The minimum Gasteiger partial charge on any atom is -0.493 e. The number of hydrogen-bond acceptors (Lipinski definition) is 3. The van der Waals surface area contributed by atoms with Gasteiger partial charge in [-0.1, -0.05) is 99.3 Å². The number of carbonyl (C=O) groups is 1. The van der Waals surface area contributed by atoms with Gasteiger partial charge in [0.15, 0.2) is 5.60 Å². The molecule has 0 fully saturated rings. The number of benzene rings is 3. The van der Waals surface area contributed by atoms with Crippen molar-refractivity contribution < 1.29 is 19.4 Å². The second-order valence-corrected chi connectivity index (χ2v) is 9.47. The van der Waals surface area contributed by atoms with E-state index < -0.39 is 11.6 Å². The Morgan fingerprint density at radius 1 is 0.806 bits per heavy atom. The first-order valence-corrected chi connectivity index (χ1v) is 13.0. The zero-order chi connectivity index (χ0) is 25.4. The summed E-state index contributed by atoms with van der Waals surface area (Å²) in [4.78, 5) is 12.0. The van der Waals surface area contributed by atoms with Crippen molar-refractivity contribution in [2.45, 2.75) is 58.0 Å². The maximum absolute atomic E-state index is 12.0. The standard InChI is InChI=1S/C32H36O4/c1-3-4-5-6-11-23-36-32(2,31(33)34)24-18-20-25(21-19-24)35-22-12-17-30-28-15-9-7-13-26(28)27-14-8-10-16-29(27)30/h7-10,13-21H,3-6,11-12,22-23H2,1-2H3,(H,33,34). The average molecular weight is 485 g/mol. The Morgan fingerprint density at radius 2 is 1.39 bits per heavy atom. The van der Waals surface area contributed by atoms with Crippen molar-refractivity contribution in [3.05, 3.63) is 95.6 Å². The van der Waals surface area contributed by atoms with Crippen LogP contribution in [0, 0.1) is 0 Å². The third-order valence-corrected chi connectivity index (χ3v) is 6.91. The molecule has 3 aromatic rings. The van der Waals surface area contributed by atoms with E-state index in [1.54, 1.807) is 19.1 Å². The van der Waals surface area contributed by atoms with Crippen molar-refractivity contribution in [2.75, 3.05) is 13.2 Å². The maximum atomic E-state index is 12.0. The number of carboxylic acid groups (broad SMARTS) is 1. The fourth-order valence-corrected chi connectivity index (χ4v) is 4.77. The quantitative estimate of drug-likeness (QED) is 0.196. The molecular weight excluding hydrogens is 448 g/mol. The fraction of sp³-hybridized carbons (Fsp3) is 0.344. The normalized spacial score (nSPS) is 13.6. The van der Waals surface area contributed by atoms with Crippen LogP contribution in [-0.2, 0) is 15.1 Å². The third-order valence-electron chi connectivity index (χ3n) is 6.91. The van der Waals surface area contributed by atoms with Gasteiger partial charge in [-0.05, 0) is 58.9 Å². The lowest BCUT2D eigenvalue weighted by Crippen LogP contribution is -2.35. The van der Waals surface area contributed by atoms with Crippen molar-refractivity contribution in [2.24, 2.45) is 0 Å². The molecule has 1 N–H and O–H groups in total. The molecule has 0 spiro atoms. The lowest BCUT2D eigenvalue weighted by Gasteiger charge is -2.26. The minimum atomic E-state index is -1.36. The summed E-state index contributed by atoms with van der Waals surface area (Å²) in [7, 11) is 0. The van der Waals surface area contributed by atoms with Gasteiger partial charge in [-0.2, -0.15) is 0 Å². The Labute approximate surface area is 214 Å². The van der Waals surface area contributed by atoms with E-state index in [0.29, 0.717) is 18.8 Å². The Balaban J connectivity index is 1.34. The van der Waals surface area contributed by atoms with Crippen LogP contribution in [0.3, 0.4) is 0 Å². The first-order valence-electron chi connectivity index (χ1n) is 13.0. The van der Waals surface area contributed by atoms with Gasteiger partial charge in [-0.25, -0.2) is 4.79 Å². The SMILES string of the molecule is CCCCCCCOC(C)(C(=O)O)c1ccc(OCCC=C2c3ccccc3-c3ccccc32)cc1. The smallest absolute Gasteiger partial charge is 0.340 e. The van der Waals surface area contributed by atoms with Crippen molar-refractivity contribution in [1.82, 2.24) is 0 Å². The van der Waals surface area contributed by atoms with Gasteiger partial charge in [-0.15, -0.1) is 0 Å². The highest BCUT2D eigenvalue weighted by Crippen LogP contribution is 2.43. The maximum Gasteiger partial charge on any atom is 0.340 e. The molecule has 0 saturated heterocycles. The molecule has 0 bridgehead atoms. The van der Waals surface area contributed by atoms with Gasteiger partial charge in [0, 0.05) is 13.0 Å². The summed E-state index contributed by atoms with van der Waals surface area (Å²) in [5.41, 5.74) is 5.60. The van der Waals surface area contributed by atoms with Gasteiger partial charge in [-0.3, -0.25) is 0 Å². The van der Waals surface area contributed by atoms with E-state index in [1.807, 2.05) is 12.1 Å². The molecule has 1 atom stereocenters. The Kier molecular flexibility index (Phi) is 8.61. The number of ether oxygens (including phenoxy) is 2. The van der Waals surface area contributed by atoms with Crippen LogP contribution >= 0.6 is 0 Å². The van der Waals surface area contributed by atoms with Crippen LogP contribution in [0.4, 0.5) is 0 Å². The van der Waals surface area contributed by atoms with E-state index in [1.165, 1.54) is 40.7 Å². The van der Waals surface area contributed by atoms with Gasteiger partial charge in [0.2, 0.25) is 0 Å². The summed E-state index contributed by atoms with van der Waals surface area (Å²) in [5, 5.41) is 9.85. The number of carboxylic acids is 1. The van der Waals surface area contributed by atoms with Crippen molar-refractivity contribution in [1.29, 1.82) is 0 Å². The Morgan fingerprint density at radius 3 is 1.97 bits per heavy atom. The molecule has 4 nitrogen and oxygen atoms in total. The van der Waals surface area contributed by atoms with Crippen LogP contribution < -0.4 is 4.74 Å². The molecule has 3 aromatic carbocycles. The average Bonchev–Trinajstić information content (AvgIpc) is 3.22. The number of unbranched alkanes of at least 4 members (excludes halogenated alkanes) is 4. The summed E-state index contributed by atoms with van der Waals surface area (Å²) in [6.07, 6.45) is 8.49. The number of hydrogen-bond donors (Lipinski definition) is 1. The highest BCUT2D eigenvalue weighted by atomic mass is 16.5. The highest BCUT2D eigenvalue weighted by molar-refractivity contribution is 6.01. The van der Waals surface area contributed by atoms with Crippen LogP contribution in [0.2, 0.25) is 0 Å². The summed E-state index contributed by atoms with van der Waals surface area (Å²) < 4.78 is 11.8. The number of rotatable bonds is 13. The predicted octanol–water partition coefficient (Wildman–Crippen LogP) is 7.85. The Hall–Kier alpha value is -3.37. The van der Waals surface area contributed by atoms with E-state index in [9.17, 15) is 9.90 Å². The lowest BCUT2D eigenvalue weighted by molar-refractivity contribution is -0.165. The first-order chi connectivity index (χ1) is 17.5. The van der Waals surface area contributed by atoms with Gasteiger partial charge in [0.25, 0.3) is 0 Å². The van der Waals surface area contributed by atoms with Crippen LogP contribution in [-0.4, -0.2) is 24.3 Å². The molecule has 188 valence electrons. The lowest BCUT2D eigenvalue weighted by atomic mass is 9.95. The summed E-state index contributed by atoms with van der Waals surface area (Å²) in [6, 6.07) is 24.3. The number of aliphatic carboxylic acids is 1. The van der Waals surface area contributed by atoms with Crippen LogP contribution in [0.5, 0.6) is 5.75 Å². The van der Waals surface area contributed by atoms with Crippen LogP contribution in [0.1, 0.15) is 69.1 Å². The van der Waals surface area contributed by atoms with E-state index >= 15 is 0 Å². The summed E-state index contributed by atoms with van der Waals surface area (Å²) >= 11 is 0. The zero-order valence-corrected chi connectivity index (χ0v) is 21.3. The van der Waals surface area contributed by atoms with Crippen LogP contribution in [0.15, 0.2) is 78.9 Å². The predicted molar refractivity (Wildman–Crippen MR) is 145 cm³/mol. The molecule has 4 heteroatoms. The van der Waals surface area contributed by atoms with Crippen molar-refractivity contribution in [3.8, 4) is 16.9 Å². The molecule has 0 aliphatic heterocycles. The summed E-state index contributed by atoms with van der Waals surface area (Å²) in [5.74, 6) is -0.259. The van der Waals surface area contributed by atoms with Crippen LogP contribution in [0.25, 0.3) is 16.7 Å². The topological polar surface area (TPSA) is 55.8 Å². The molecule has 1 aliphatic rings. The fourth-order valence-electron chi connectivity index (χ4n) is 4.77. The number of fused-ring (bicyclic) bond motifs is 3. The molecule has 1 unspecified atom stereocenters. The molecule has 0 amide bonds. The Bertz CT molecular complexity index is 1150.